The van der Waals surface area contributed by atoms with Crippen molar-refractivity contribution in [1.82, 2.24) is 5.32 Å². The first-order valence-corrected chi connectivity index (χ1v) is 9.29. The molecular weight excluding hydrogens is 352 g/mol. The largest absolute Gasteiger partial charge is 0.477 e. The molecule has 0 saturated carbocycles. The van der Waals surface area contributed by atoms with Crippen molar-refractivity contribution >= 4 is 34.6 Å². The summed E-state index contributed by atoms with van der Waals surface area (Å²) in [6, 6.07) is 10.4. The number of hydrogen-bond acceptors (Lipinski definition) is 5. The van der Waals surface area contributed by atoms with Gasteiger partial charge in [0, 0.05) is 6.54 Å². The molecule has 3 rings (SSSR count). The molecule has 7 heteroatoms. The molecular formula is C19H20N2O4S. The monoisotopic (exact) mass is 372 g/mol. The molecule has 26 heavy (non-hydrogen) atoms. The number of thiophene rings is 1. The third kappa shape index (κ3) is 3.62. The number of anilines is 1. The van der Waals surface area contributed by atoms with E-state index in [4.69, 9.17) is 4.74 Å². The van der Waals surface area contributed by atoms with Crippen molar-refractivity contribution in [2.24, 2.45) is 0 Å². The first-order chi connectivity index (χ1) is 12.5. The van der Waals surface area contributed by atoms with E-state index in [9.17, 15) is 14.4 Å². The summed E-state index contributed by atoms with van der Waals surface area (Å²) in [6.07, 6.45) is 0.0494. The van der Waals surface area contributed by atoms with Gasteiger partial charge in [-0.1, -0.05) is 19.1 Å². The van der Waals surface area contributed by atoms with Crippen LogP contribution in [-0.4, -0.2) is 36.8 Å². The number of nitrogens with zero attached hydrogens (tertiary/aromatic N) is 1. The van der Waals surface area contributed by atoms with E-state index < -0.39 is 6.10 Å². The van der Waals surface area contributed by atoms with Crippen LogP contribution in [0.5, 0.6) is 5.75 Å². The average molecular weight is 372 g/mol. The van der Waals surface area contributed by atoms with Crippen LogP contribution in [0.3, 0.4) is 0 Å². The number of rotatable bonds is 5. The van der Waals surface area contributed by atoms with Gasteiger partial charge in [-0.2, -0.15) is 0 Å². The van der Waals surface area contributed by atoms with Crippen LogP contribution in [0.1, 0.15) is 39.6 Å². The van der Waals surface area contributed by atoms with Crippen molar-refractivity contribution in [2.75, 3.05) is 18.0 Å². The van der Waals surface area contributed by atoms with E-state index in [0.717, 1.165) is 17.8 Å². The fourth-order valence-corrected chi connectivity index (χ4v) is 3.55. The Morgan fingerprint density at radius 3 is 2.62 bits per heavy atom. The summed E-state index contributed by atoms with van der Waals surface area (Å²) >= 11 is 1.16. The van der Waals surface area contributed by atoms with E-state index in [-0.39, 0.29) is 24.1 Å². The molecule has 2 amide bonds. The lowest BCUT2D eigenvalue weighted by Crippen LogP contribution is -2.50. The topological polar surface area (TPSA) is 75.7 Å². The van der Waals surface area contributed by atoms with Gasteiger partial charge in [0.05, 0.1) is 22.0 Å². The lowest BCUT2D eigenvalue weighted by atomic mass is 10.1. The lowest BCUT2D eigenvalue weighted by molar-refractivity contribution is -0.127. The van der Waals surface area contributed by atoms with E-state index in [1.165, 1.54) is 6.92 Å². The molecule has 0 unspecified atom stereocenters. The van der Waals surface area contributed by atoms with Gasteiger partial charge in [-0.15, -0.1) is 11.3 Å². The molecule has 0 spiro atoms. The number of fused-ring (bicyclic) bond motifs is 1. The number of nitrogens with one attached hydrogen (secondary N) is 1. The number of carbonyl (C=O) groups is 3. The number of hydrogen-bond donors (Lipinski definition) is 1. The van der Waals surface area contributed by atoms with E-state index in [2.05, 4.69) is 5.32 Å². The van der Waals surface area contributed by atoms with Gasteiger partial charge in [-0.25, -0.2) is 0 Å². The van der Waals surface area contributed by atoms with Crippen LogP contribution in [-0.2, 0) is 4.79 Å². The minimum atomic E-state index is -0.771. The summed E-state index contributed by atoms with van der Waals surface area (Å²) in [5.41, 5.74) is 0.620. The lowest BCUT2D eigenvalue weighted by Gasteiger charge is -2.34. The average Bonchev–Trinajstić information content (AvgIpc) is 3.15. The fraction of sp³-hybridized carbons (Fsp3) is 0.316. The van der Waals surface area contributed by atoms with E-state index >= 15 is 0 Å². The second kappa shape index (κ2) is 7.70. The summed E-state index contributed by atoms with van der Waals surface area (Å²) in [5.74, 6) is -0.0679. The van der Waals surface area contributed by atoms with E-state index in [1.54, 1.807) is 35.2 Å². The van der Waals surface area contributed by atoms with E-state index in [1.807, 2.05) is 13.0 Å². The normalized spacial score (nSPS) is 15.8. The summed E-state index contributed by atoms with van der Waals surface area (Å²) < 4.78 is 5.79. The van der Waals surface area contributed by atoms with Gasteiger partial charge >= 0.3 is 0 Å². The molecule has 0 radical (unpaired) electrons. The molecule has 0 saturated heterocycles. The van der Waals surface area contributed by atoms with Gasteiger partial charge in [-0.3, -0.25) is 19.3 Å². The Morgan fingerprint density at radius 2 is 1.92 bits per heavy atom. The number of para-hydroxylation sites is 2. The van der Waals surface area contributed by atoms with Gasteiger partial charge in [0.15, 0.2) is 11.9 Å². The molecule has 1 aliphatic rings. The van der Waals surface area contributed by atoms with Gasteiger partial charge in [0.25, 0.3) is 11.8 Å². The number of ketones is 1. The Balaban J connectivity index is 1.89. The highest BCUT2D eigenvalue weighted by molar-refractivity contribution is 7.16. The van der Waals surface area contributed by atoms with Gasteiger partial charge in [0.1, 0.15) is 5.75 Å². The second-order valence-electron chi connectivity index (χ2n) is 6.00. The summed E-state index contributed by atoms with van der Waals surface area (Å²) in [7, 11) is 0. The molecule has 1 N–H and O–H groups in total. The predicted molar refractivity (Wildman–Crippen MR) is 100 cm³/mol. The number of Topliss-reactive ketones (excluding diaryl/α,β-unsaturated/α-hetero) is 1. The molecule has 136 valence electrons. The highest BCUT2D eigenvalue weighted by Gasteiger charge is 2.34. The number of carbonyl (C=O) groups excluding carboxylic acids is 3. The van der Waals surface area contributed by atoms with Crippen LogP contribution >= 0.6 is 11.3 Å². The molecule has 2 heterocycles. The van der Waals surface area contributed by atoms with Crippen LogP contribution < -0.4 is 15.0 Å². The van der Waals surface area contributed by atoms with Crippen LogP contribution in [0.4, 0.5) is 5.69 Å². The van der Waals surface area contributed by atoms with Crippen molar-refractivity contribution in [1.29, 1.82) is 0 Å². The van der Waals surface area contributed by atoms with Crippen LogP contribution in [0.2, 0.25) is 0 Å². The van der Waals surface area contributed by atoms with Gasteiger partial charge in [-0.05, 0) is 37.6 Å². The van der Waals surface area contributed by atoms with Crippen LogP contribution in [0.15, 0.2) is 36.4 Å². The molecule has 0 fully saturated rings. The first-order valence-electron chi connectivity index (χ1n) is 8.47. The van der Waals surface area contributed by atoms with Crippen molar-refractivity contribution in [3.05, 3.63) is 46.2 Å². The van der Waals surface area contributed by atoms with Gasteiger partial charge in [0.2, 0.25) is 0 Å². The van der Waals surface area contributed by atoms with Crippen molar-refractivity contribution < 1.29 is 19.1 Å². The molecule has 1 atom stereocenters. The minimum absolute atomic E-state index is 0.0757. The Hall–Kier alpha value is -2.67. The van der Waals surface area contributed by atoms with Crippen LogP contribution in [0.25, 0.3) is 0 Å². The summed E-state index contributed by atoms with van der Waals surface area (Å²) in [4.78, 5) is 39.4. The molecule has 0 aliphatic carbocycles. The zero-order valence-corrected chi connectivity index (χ0v) is 15.5. The quantitative estimate of drug-likeness (QED) is 0.819. The zero-order valence-electron chi connectivity index (χ0n) is 14.7. The predicted octanol–water partition coefficient (Wildman–Crippen LogP) is 2.88. The SMILES string of the molecule is CCCNC(=O)[C@H]1CN(C(=O)c2ccc(C(C)=O)s2)c2ccccc2O1. The molecule has 2 aromatic rings. The highest BCUT2D eigenvalue weighted by atomic mass is 32.1. The molecule has 0 bridgehead atoms. The first kappa shape index (κ1) is 18.1. The van der Waals surface area contributed by atoms with Gasteiger partial charge < -0.3 is 10.1 Å². The van der Waals surface area contributed by atoms with E-state index in [0.29, 0.717) is 27.7 Å². The highest BCUT2D eigenvalue weighted by Crippen LogP contribution is 2.35. The second-order valence-corrected chi connectivity index (χ2v) is 7.08. The molecule has 1 aliphatic heterocycles. The zero-order chi connectivity index (χ0) is 18.7. The third-order valence-corrected chi connectivity index (χ3v) is 5.20. The summed E-state index contributed by atoms with van der Waals surface area (Å²) in [5, 5.41) is 2.81. The fourth-order valence-electron chi connectivity index (χ4n) is 2.70. The van der Waals surface area contributed by atoms with Crippen molar-refractivity contribution in [3.63, 3.8) is 0 Å². The maximum Gasteiger partial charge on any atom is 0.268 e. The molecule has 1 aromatic carbocycles. The minimum Gasteiger partial charge on any atom is -0.477 e. The Kier molecular flexibility index (Phi) is 5.37. The number of ether oxygens (including phenoxy) is 1. The van der Waals surface area contributed by atoms with Crippen molar-refractivity contribution in [2.45, 2.75) is 26.4 Å². The molecule has 6 nitrogen and oxygen atoms in total. The number of benzene rings is 1. The Bertz CT molecular complexity index is 846. The van der Waals surface area contributed by atoms with Crippen LogP contribution in [0, 0.1) is 0 Å². The third-order valence-electron chi connectivity index (χ3n) is 4.02. The van der Waals surface area contributed by atoms with Crippen molar-refractivity contribution in [3.8, 4) is 5.75 Å². The standard InChI is InChI=1S/C19H20N2O4S/c1-3-10-20-18(23)15-11-21(13-6-4-5-7-14(13)25-15)19(24)17-9-8-16(26-17)12(2)22/h4-9,15H,3,10-11H2,1-2H3,(H,20,23)/t15-/m1/s1. The molecule has 1 aromatic heterocycles. The summed E-state index contributed by atoms with van der Waals surface area (Å²) in [6.45, 7) is 4.12. The Labute approximate surface area is 155 Å². The smallest absolute Gasteiger partial charge is 0.268 e. The Morgan fingerprint density at radius 1 is 1.19 bits per heavy atom. The number of amides is 2. The maximum absolute atomic E-state index is 13.0. The maximum atomic E-state index is 13.0.